The first-order valence-electron chi connectivity index (χ1n) is 13.5. The minimum absolute atomic E-state index is 0.0688. The predicted octanol–water partition coefficient (Wildman–Crippen LogP) is 4.91. The largest absolute Gasteiger partial charge is 0.383 e. The molecule has 1 atom stereocenters. The molecule has 4 N–H and O–H groups in total. The molecule has 7 rings (SSSR count). The van der Waals surface area contributed by atoms with Crippen LogP contribution in [0.25, 0.3) is 27.8 Å². The van der Waals surface area contributed by atoms with Crippen LogP contribution in [0.15, 0.2) is 60.9 Å². The molecule has 0 amide bonds. The third-order valence-electron chi connectivity index (χ3n) is 7.84. The topological polar surface area (TPSA) is 118 Å². The summed E-state index contributed by atoms with van der Waals surface area (Å²) in [5, 5.41) is 7.85. The van der Waals surface area contributed by atoms with Crippen molar-refractivity contribution in [3.05, 3.63) is 77.9 Å². The van der Waals surface area contributed by atoms with Gasteiger partial charge in [-0.25, -0.2) is 14.6 Å². The SMILES string of the molecule is Cc1nc2cc(-n3ncc(C(=O)C4Cc5ccc(-c6ccc(N7CCCCC7)nc6)cc5N4)c3N)ccc2[nH]1. The Morgan fingerprint density at radius 3 is 2.67 bits per heavy atom. The standard InChI is InChI=1S/C30H30N8O/c1-18-34-24-9-8-22(15-26(24)35-18)38-30(31)23(17-33-38)29(39)27-14-20-6-5-19(13-25(20)36-27)21-7-10-28(32-16-21)37-11-3-2-4-12-37/h5-10,13,15-17,27,36H,2-4,11-12,14,31H2,1H3,(H,34,35). The van der Waals surface area contributed by atoms with E-state index < -0.39 is 6.04 Å². The third kappa shape index (κ3) is 4.20. The molecule has 1 unspecified atom stereocenters. The Labute approximate surface area is 226 Å². The van der Waals surface area contributed by atoms with Crippen molar-refractivity contribution >= 4 is 34.1 Å². The summed E-state index contributed by atoms with van der Waals surface area (Å²) < 4.78 is 1.59. The van der Waals surface area contributed by atoms with Gasteiger partial charge in [0.1, 0.15) is 17.5 Å². The fourth-order valence-electron chi connectivity index (χ4n) is 5.75. The smallest absolute Gasteiger partial charge is 0.190 e. The lowest BCUT2D eigenvalue weighted by Gasteiger charge is -2.27. The summed E-state index contributed by atoms with van der Waals surface area (Å²) in [5.41, 5.74) is 13.6. The zero-order valence-electron chi connectivity index (χ0n) is 21.8. The molecule has 5 aromatic rings. The van der Waals surface area contributed by atoms with Crippen molar-refractivity contribution in [3.8, 4) is 16.8 Å². The Hall–Kier alpha value is -4.66. The van der Waals surface area contributed by atoms with Gasteiger partial charge in [0.2, 0.25) is 0 Å². The molecule has 9 heteroatoms. The van der Waals surface area contributed by atoms with Gasteiger partial charge in [-0.2, -0.15) is 5.10 Å². The molecule has 0 radical (unpaired) electrons. The summed E-state index contributed by atoms with van der Waals surface area (Å²) in [5.74, 6) is 2.14. The number of ketones is 1. The number of nitrogens with zero attached hydrogens (tertiary/aromatic N) is 5. The normalized spacial score (nSPS) is 16.8. The van der Waals surface area contributed by atoms with Gasteiger partial charge in [0.05, 0.1) is 34.5 Å². The minimum Gasteiger partial charge on any atom is -0.383 e. The number of nitrogens with two attached hydrogens (primary N) is 1. The van der Waals surface area contributed by atoms with E-state index in [1.807, 2.05) is 31.3 Å². The maximum atomic E-state index is 13.5. The average Bonchev–Trinajstić information content (AvgIpc) is 3.68. The summed E-state index contributed by atoms with van der Waals surface area (Å²) in [6.07, 6.45) is 7.86. The molecule has 196 valence electrons. The van der Waals surface area contributed by atoms with Crippen molar-refractivity contribution in [3.63, 3.8) is 0 Å². The number of rotatable bonds is 5. The third-order valence-corrected chi connectivity index (χ3v) is 7.84. The van der Waals surface area contributed by atoms with Crippen LogP contribution < -0.4 is 16.0 Å². The predicted molar refractivity (Wildman–Crippen MR) is 154 cm³/mol. The number of aromatic amines is 1. The number of nitrogen functional groups attached to an aromatic ring is 1. The Morgan fingerprint density at radius 1 is 1.00 bits per heavy atom. The highest BCUT2D eigenvalue weighted by Gasteiger charge is 2.30. The summed E-state index contributed by atoms with van der Waals surface area (Å²) in [6.45, 7) is 4.07. The zero-order chi connectivity index (χ0) is 26.5. The van der Waals surface area contributed by atoms with E-state index in [-0.39, 0.29) is 5.78 Å². The number of nitrogens with one attached hydrogen (secondary N) is 2. The van der Waals surface area contributed by atoms with Crippen LogP contribution in [0, 0.1) is 6.92 Å². The first kappa shape index (κ1) is 23.5. The van der Waals surface area contributed by atoms with Crippen LogP contribution >= 0.6 is 0 Å². The number of carbonyl (C=O) groups excluding carboxylic acids is 1. The Kier molecular flexibility index (Phi) is 5.57. The molecular weight excluding hydrogens is 488 g/mol. The first-order valence-corrected chi connectivity index (χ1v) is 13.5. The highest BCUT2D eigenvalue weighted by atomic mass is 16.1. The van der Waals surface area contributed by atoms with Crippen molar-refractivity contribution in [2.75, 3.05) is 29.0 Å². The van der Waals surface area contributed by atoms with Gasteiger partial charge in [0, 0.05) is 37.0 Å². The second kappa shape index (κ2) is 9.27. The van der Waals surface area contributed by atoms with E-state index in [1.165, 1.54) is 19.3 Å². The quantitative estimate of drug-likeness (QED) is 0.283. The van der Waals surface area contributed by atoms with Crippen LogP contribution in [0.2, 0.25) is 0 Å². The number of hydrogen-bond acceptors (Lipinski definition) is 7. The van der Waals surface area contributed by atoms with Crippen molar-refractivity contribution in [1.82, 2.24) is 24.7 Å². The van der Waals surface area contributed by atoms with Crippen LogP contribution in [-0.2, 0) is 6.42 Å². The zero-order valence-corrected chi connectivity index (χ0v) is 21.8. The Bertz CT molecular complexity index is 1690. The van der Waals surface area contributed by atoms with Crippen molar-refractivity contribution in [1.29, 1.82) is 0 Å². The number of hydrogen-bond donors (Lipinski definition) is 3. The summed E-state index contributed by atoms with van der Waals surface area (Å²) in [6, 6.07) is 15.9. The highest BCUT2D eigenvalue weighted by Crippen LogP contribution is 2.33. The van der Waals surface area contributed by atoms with E-state index in [0.717, 1.165) is 63.8 Å². The fourth-order valence-corrected chi connectivity index (χ4v) is 5.75. The maximum absolute atomic E-state index is 13.5. The molecule has 0 spiro atoms. The molecule has 2 aliphatic heterocycles. The van der Waals surface area contributed by atoms with E-state index >= 15 is 0 Å². The number of carbonyl (C=O) groups is 1. The molecule has 1 saturated heterocycles. The molecule has 0 saturated carbocycles. The van der Waals surface area contributed by atoms with E-state index in [2.05, 4.69) is 55.6 Å². The van der Waals surface area contributed by atoms with Crippen molar-refractivity contribution in [2.24, 2.45) is 0 Å². The van der Waals surface area contributed by atoms with E-state index in [1.54, 1.807) is 10.9 Å². The Morgan fingerprint density at radius 2 is 1.85 bits per heavy atom. The molecule has 0 bridgehead atoms. The lowest BCUT2D eigenvalue weighted by atomic mass is 10.0. The van der Waals surface area contributed by atoms with Crippen LogP contribution in [0.4, 0.5) is 17.3 Å². The lowest BCUT2D eigenvalue weighted by Crippen LogP contribution is -2.29. The second-order valence-electron chi connectivity index (χ2n) is 10.5. The second-order valence-corrected chi connectivity index (χ2v) is 10.5. The number of Topliss-reactive ketones (excluding diaryl/α,β-unsaturated/α-hetero) is 1. The van der Waals surface area contributed by atoms with Gasteiger partial charge in [-0.1, -0.05) is 12.1 Å². The molecule has 3 aromatic heterocycles. The van der Waals surface area contributed by atoms with Crippen LogP contribution in [0.5, 0.6) is 0 Å². The molecule has 1 fully saturated rings. The van der Waals surface area contributed by atoms with Gasteiger partial charge in [-0.3, -0.25) is 4.79 Å². The van der Waals surface area contributed by atoms with E-state index in [9.17, 15) is 4.79 Å². The van der Waals surface area contributed by atoms with Gasteiger partial charge in [0.15, 0.2) is 5.78 Å². The number of pyridine rings is 1. The van der Waals surface area contributed by atoms with Crippen LogP contribution in [-0.4, -0.2) is 49.6 Å². The molecule has 39 heavy (non-hydrogen) atoms. The summed E-state index contributed by atoms with van der Waals surface area (Å²) in [7, 11) is 0. The number of H-pyrrole nitrogens is 1. The summed E-state index contributed by atoms with van der Waals surface area (Å²) >= 11 is 0. The molecule has 2 aliphatic rings. The van der Waals surface area contributed by atoms with Gasteiger partial charge in [-0.15, -0.1) is 0 Å². The molecule has 9 nitrogen and oxygen atoms in total. The number of aromatic nitrogens is 5. The van der Waals surface area contributed by atoms with Crippen molar-refractivity contribution in [2.45, 2.75) is 38.6 Å². The average molecular weight is 519 g/mol. The highest BCUT2D eigenvalue weighted by molar-refractivity contribution is 6.06. The number of piperidine rings is 1. The fraction of sp³-hybridized carbons (Fsp3) is 0.267. The number of benzene rings is 2. The Balaban J connectivity index is 1.09. The molecular formula is C30H30N8O. The van der Waals surface area contributed by atoms with Gasteiger partial charge in [0.25, 0.3) is 0 Å². The maximum Gasteiger partial charge on any atom is 0.190 e. The van der Waals surface area contributed by atoms with E-state index in [0.29, 0.717) is 17.8 Å². The van der Waals surface area contributed by atoms with Gasteiger partial charge < -0.3 is 20.9 Å². The monoisotopic (exact) mass is 518 g/mol. The van der Waals surface area contributed by atoms with Crippen LogP contribution in [0.1, 0.15) is 41.0 Å². The van der Waals surface area contributed by atoms with Gasteiger partial charge >= 0.3 is 0 Å². The number of imidazole rings is 1. The number of aryl methyl sites for hydroxylation is 1. The number of fused-ring (bicyclic) bond motifs is 2. The minimum atomic E-state index is -0.397. The first-order chi connectivity index (χ1) is 19.0. The molecule has 2 aromatic carbocycles. The van der Waals surface area contributed by atoms with Crippen LogP contribution in [0.3, 0.4) is 0 Å². The molecule has 0 aliphatic carbocycles. The molecule has 5 heterocycles. The summed E-state index contributed by atoms with van der Waals surface area (Å²) in [4.78, 5) is 28.3. The number of anilines is 3. The lowest BCUT2D eigenvalue weighted by molar-refractivity contribution is 0.0972. The van der Waals surface area contributed by atoms with Gasteiger partial charge in [-0.05, 0) is 73.7 Å². The van der Waals surface area contributed by atoms with E-state index in [4.69, 9.17) is 10.7 Å². The van der Waals surface area contributed by atoms with Crippen molar-refractivity contribution < 1.29 is 4.79 Å².